The molecule has 5 heteroatoms. The summed E-state index contributed by atoms with van der Waals surface area (Å²) in [5.74, 6) is 0.140. The lowest BCUT2D eigenvalue weighted by Gasteiger charge is -2.23. The van der Waals surface area contributed by atoms with Crippen LogP contribution in [-0.2, 0) is 11.3 Å². The van der Waals surface area contributed by atoms with Gasteiger partial charge in [0.25, 0.3) is 0 Å². The minimum atomic E-state index is -0.321. The topological polar surface area (TPSA) is 85.2 Å². The van der Waals surface area contributed by atoms with Crippen LogP contribution in [0.1, 0.15) is 30.7 Å². The summed E-state index contributed by atoms with van der Waals surface area (Å²) in [5.41, 5.74) is 14.9. The van der Waals surface area contributed by atoms with Gasteiger partial charge in [0, 0.05) is 25.0 Å². The third-order valence-electron chi connectivity index (χ3n) is 3.05. The predicted molar refractivity (Wildman–Crippen MR) is 77.4 cm³/mol. The van der Waals surface area contributed by atoms with Crippen LogP contribution >= 0.6 is 0 Å². The average Bonchev–Trinajstić information content (AvgIpc) is 2.28. The van der Waals surface area contributed by atoms with Crippen molar-refractivity contribution < 1.29 is 4.79 Å². The third-order valence-corrected chi connectivity index (χ3v) is 3.05. The molecular weight excluding hydrogens is 240 g/mol. The number of nitrogens with two attached hydrogens (primary N) is 2. The van der Waals surface area contributed by atoms with Crippen LogP contribution in [0.2, 0.25) is 0 Å². The summed E-state index contributed by atoms with van der Waals surface area (Å²) < 4.78 is 0. The van der Waals surface area contributed by atoms with Crippen molar-refractivity contribution in [2.24, 2.45) is 11.7 Å². The summed E-state index contributed by atoms with van der Waals surface area (Å²) in [7, 11) is 0. The van der Waals surface area contributed by atoms with E-state index in [1.165, 1.54) is 0 Å². The number of pyridine rings is 1. The van der Waals surface area contributed by atoms with Gasteiger partial charge < -0.3 is 11.5 Å². The molecule has 1 rings (SSSR count). The van der Waals surface area contributed by atoms with E-state index in [4.69, 9.17) is 11.5 Å². The van der Waals surface area contributed by atoms with Crippen LogP contribution in [0.3, 0.4) is 0 Å². The van der Waals surface area contributed by atoms with Gasteiger partial charge >= 0.3 is 0 Å². The monoisotopic (exact) mass is 264 g/mol. The van der Waals surface area contributed by atoms with Crippen molar-refractivity contribution >= 4 is 11.6 Å². The first kappa shape index (κ1) is 15.4. The summed E-state index contributed by atoms with van der Waals surface area (Å²) in [6.07, 6.45) is 1.77. The van der Waals surface area contributed by atoms with Crippen LogP contribution in [0, 0.1) is 19.8 Å². The van der Waals surface area contributed by atoms with E-state index in [1.54, 1.807) is 6.20 Å². The molecule has 0 spiro atoms. The number of nitrogen functional groups attached to an aromatic ring is 1. The van der Waals surface area contributed by atoms with Crippen molar-refractivity contribution in [2.75, 3.05) is 18.8 Å². The average molecular weight is 264 g/mol. The van der Waals surface area contributed by atoms with Crippen LogP contribution < -0.4 is 11.5 Å². The lowest BCUT2D eigenvalue weighted by Crippen LogP contribution is -2.36. The van der Waals surface area contributed by atoms with Crippen molar-refractivity contribution in [3.8, 4) is 0 Å². The van der Waals surface area contributed by atoms with E-state index < -0.39 is 0 Å². The van der Waals surface area contributed by atoms with Crippen molar-refractivity contribution in [1.29, 1.82) is 0 Å². The molecule has 1 amide bonds. The number of aryl methyl sites for hydroxylation is 1. The maximum absolute atomic E-state index is 11.1. The molecule has 0 radical (unpaired) electrons. The van der Waals surface area contributed by atoms with Gasteiger partial charge in [-0.25, -0.2) is 0 Å². The summed E-state index contributed by atoms with van der Waals surface area (Å²) in [5, 5.41) is 0. The molecule has 1 aromatic rings. The first-order valence-corrected chi connectivity index (χ1v) is 6.52. The molecule has 0 saturated carbocycles. The van der Waals surface area contributed by atoms with Crippen LogP contribution in [0.15, 0.2) is 6.20 Å². The first-order chi connectivity index (χ1) is 8.81. The fraction of sp³-hybridized carbons (Fsp3) is 0.571. The molecule has 19 heavy (non-hydrogen) atoms. The van der Waals surface area contributed by atoms with E-state index in [0.717, 1.165) is 29.1 Å². The zero-order valence-electron chi connectivity index (χ0n) is 12.2. The van der Waals surface area contributed by atoms with Gasteiger partial charge in [0.15, 0.2) is 0 Å². The Labute approximate surface area is 115 Å². The van der Waals surface area contributed by atoms with Crippen LogP contribution in [0.4, 0.5) is 5.69 Å². The van der Waals surface area contributed by atoms with Gasteiger partial charge in [0.2, 0.25) is 5.91 Å². The number of anilines is 1. The number of amides is 1. The SMILES string of the molecule is Cc1cnc(CN(CC(N)=O)CC(C)C)c(C)c1N. The Morgan fingerprint density at radius 1 is 1.42 bits per heavy atom. The highest BCUT2D eigenvalue weighted by Gasteiger charge is 2.14. The highest BCUT2D eigenvalue weighted by atomic mass is 16.1. The quantitative estimate of drug-likeness (QED) is 0.809. The number of primary amides is 1. The largest absolute Gasteiger partial charge is 0.398 e. The highest BCUT2D eigenvalue weighted by molar-refractivity contribution is 5.75. The fourth-order valence-electron chi connectivity index (χ4n) is 2.09. The second-order valence-corrected chi connectivity index (χ2v) is 5.46. The molecule has 0 aliphatic rings. The first-order valence-electron chi connectivity index (χ1n) is 6.52. The standard InChI is InChI=1S/C14H24N4O/c1-9(2)6-18(8-13(15)19)7-12-11(4)14(16)10(3)5-17-12/h5,9H,6-8H2,1-4H3,(H2,15,19)(H2,16,17). The van der Waals surface area contributed by atoms with E-state index >= 15 is 0 Å². The molecule has 0 aliphatic carbocycles. The van der Waals surface area contributed by atoms with E-state index in [9.17, 15) is 4.79 Å². The second kappa shape index (κ2) is 6.52. The van der Waals surface area contributed by atoms with E-state index in [-0.39, 0.29) is 12.5 Å². The maximum Gasteiger partial charge on any atom is 0.231 e. The van der Waals surface area contributed by atoms with Crippen molar-refractivity contribution in [2.45, 2.75) is 34.2 Å². The number of hydrogen-bond acceptors (Lipinski definition) is 4. The molecule has 0 aliphatic heterocycles. The van der Waals surface area contributed by atoms with E-state index in [1.807, 2.05) is 18.7 Å². The number of rotatable bonds is 6. The van der Waals surface area contributed by atoms with Gasteiger partial charge in [-0.2, -0.15) is 0 Å². The van der Waals surface area contributed by atoms with E-state index in [0.29, 0.717) is 12.5 Å². The smallest absolute Gasteiger partial charge is 0.231 e. The number of aromatic nitrogens is 1. The summed E-state index contributed by atoms with van der Waals surface area (Å²) in [4.78, 5) is 17.6. The van der Waals surface area contributed by atoms with Crippen molar-refractivity contribution in [3.63, 3.8) is 0 Å². The number of carbonyl (C=O) groups is 1. The minimum absolute atomic E-state index is 0.243. The number of carbonyl (C=O) groups excluding carboxylic acids is 1. The van der Waals surface area contributed by atoms with Crippen LogP contribution in [0.5, 0.6) is 0 Å². The summed E-state index contributed by atoms with van der Waals surface area (Å²) in [6, 6.07) is 0. The van der Waals surface area contributed by atoms with Gasteiger partial charge in [-0.05, 0) is 30.9 Å². The zero-order chi connectivity index (χ0) is 14.6. The molecule has 1 heterocycles. The molecule has 0 saturated heterocycles. The lowest BCUT2D eigenvalue weighted by atomic mass is 10.1. The predicted octanol–water partition coefficient (Wildman–Crippen LogP) is 1.22. The zero-order valence-corrected chi connectivity index (χ0v) is 12.2. The van der Waals surface area contributed by atoms with Crippen molar-refractivity contribution in [3.05, 3.63) is 23.0 Å². The molecule has 0 unspecified atom stereocenters. The maximum atomic E-state index is 11.1. The van der Waals surface area contributed by atoms with Crippen molar-refractivity contribution in [1.82, 2.24) is 9.88 Å². The summed E-state index contributed by atoms with van der Waals surface area (Å²) >= 11 is 0. The molecule has 0 aromatic carbocycles. The fourth-order valence-corrected chi connectivity index (χ4v) is 2.09. The Morgan fingerprint density at radius 3 is 2.58 bits per heavy atom. The Hall–Kier alpha value is -1.62. The second-order valence-electron chi connectivity index (χ2n) is 5.46. The summed E-state index contributed by atoms with van der Waals surface area (Å²) in [6.45, 7) is 9.76. The molecular formula is C14H24N4O. The van der Waals surface area contributed by atoms with Gasteiger partial charge in [-0.15, -0.1) is 0 Å². The normalized spacial score (nSPS) is 11.3. The Balaban J connectivity index is 2.89. The molecule has 4 N–H and O–H groups in total. The van der Waals surface area contributed by atoms with Crippen LogP contribution in [-0.4, -0.2) is 28.9 Å². The molecule has 1 aromatic heterocycles. The third kappa shape index (κ3) is 4.52. The van der Waals surface area contributed by atoms with Gasteiger partial charge in [-0.1, -0.05) is 13.8 Å². The van der Waals surface area contributed by atoms with Gasteiger partial charge in [-0.3, -0.25) is 14.7 Å². The molecule has 0 bridgehead atoms. The van der Waals surface area contributed by atoms with Gasteiger partial charge in [0.05, 0.1) is 12.2 Å². The molecule has 5 nitrogen and oxygen atoms in total. The number of hydrogen-bond donors (Lipinski definition) is 2. The minimum Gasteiger partial charge on any atom is -0.398 e. The van der Waals surface area contributed by atoms with Crippen LogP contribution in [0.25, 0.3) is 0 Å². The van der Waals surface area contributed by atoms with Gasteiger partial charge in [0.1, 0.15) is 0 Å². The number of nitrogens with zero attached hydrogens (tertiary/aromatic N) is 2. The lowest BCUT2D eigenvalue weighted by molar-refractivity contribution is -0.119. The molecule has 106 valence electrons. The molecule has 0 fully saturated rings. The Kier molecular flexibility index (Phi) is 5.30. The highest BCUT2D eigenvalue weighted by Crippen LogP contribution is 2.19. The molecule has 0 atom stereocenters. The Morgan fingerprint density at radius 2 is 2.05 bits per heavy atom. The Bertz CT molecular complexity index is 457. The van der Waals surface area contributed by atoms with E-state index in [2.05, 4.69) is 18.8 Å².